The maximum atomic E-state index is 13.0. The van der Waals surface area contributed by atoms with Crippen LogP contribution in [0.5, 0.6) is 0 Å². The SMILES string of the molecule is CC(N)=NCC(F)(F)N[C@@H](CS)C(=O)O.Cl.Cl. The number of halogens is 4. The number of alkyl halides is 2. The molecular formula is C7H15Cl2F2N3O2S. The van der Waals surface area contributed by atoms with Crippen molar-refractivity contribution in [3.63, 3.8) is 0 Å². The molecule has 0 unspecified atom stereocenters. The average molecular weight is 314 g/mol. The van der Waals surface area contributed by atoms with Gasteiger partial charge < -0.3 is 10.8 Å². The highest BCUT2D eigenvalue weighted by atomic mass is 35.5. The van der Waals surface area contributed by atoms with Crippen LogP contribution in [0.3, 0.4) is 0 Å². The topological polar surface area (TPSA) is 87.7 Å². The van der Waals surface area contributed by atoms with E-state index < -0.39 is 24.6 Å². The second-order valence-electron chi connectivity index (χ2n) is 2.88. The zero-order valence-electron chi connectivity index (χ0n) is 8.89. The molecule has 4 N–H and O–H groups in total. The zero-order valence-corrected chi connectivity index (χ0v) is 11.4. The van der Waals surface area contributed by atoms with Crippen molar-refractivity contribution in [1.29, 1.82) is 0 Å². The smallest absolute Gasteiger partial charge is 0.322 e. The van der Waals surface area contributed by atoms with Gasteiger partial charge in [-0.3, -0.25) is 9.79 Å². The molecule has 0 saturated heterocycles. The largest absolute Gasteiger partial charge is 0.480 e. The molecule has 0 amide bonds. The van der Waals surface area contributed by atoms with E-state index in [4.69, 9.17) is 10.8 Å². The number of carbonyl (C=O) groups is 1. The van der Waals surface area contributed by atoms with Gasteiger partial charge in [0.1, 0.15) is 12.6 Å². The number of thiol groups is 1. The summed E-state index contributed by atoms with van der Waals surface area (Å²) in [4.78, 5) is 13.7. The summed E-state index contributed by atoms with van der Waals surface area (Å²) >= 11 is 3.64. The highest BCUT2D eigenvalue weighted by Gasteiger charge is 2.33. The molecule has 104 valence electrons. The van der Waals surface area contributed by atoms with E-state index in [9.17, 15) is 13.6 Å². The number of nitrogens with zero attached hydrogens (tertiary/aromatic N) is 1. The summed E-state index contributed by atoms with van der Waals surface area (Å²) in [7, 11) is 0. The van der Waals surface area contributed by atoms with Gasteiger partial charge >= 0.3 is 12.0 Å². The van der Waals surface area contributed by atoms with Gasteiger partial charge in [0.25, 0.3) is 0 Å². The van der Waals surface area contributed by atoms with E-state index in [1.54, 1.807) is 5.32 Å². The van der Waals surface area contributed by atoms with E-state index in [-0.39, 0.29) is 36.4 Å². The second kappa shape index (κ2) is 9.69. The van der Waals surface area contributed by atoms with Crippen LogP contribution in [0.15, 0.2) is 4.99 Å². The Hall–Kier alpha value is -0.310. The number of nitrogens with two attached hydrogens (primary N) is 1. The zero-order chi connectivity index (χ0) is 12.1. The predicted molar refractivity (Wildman–Crippen MR) is 70.0 cm³/mol. The van der Waals surface area contributed by atoms with Gasteiger partial charge in [-0.2, -0.15) is 21.4 Å². The van der Waals surface area contributed by atoms with Crippen LogP contribution in [-0.2, 0) is 4.79 Å². The number of aliphatic carboxylic acids is 1. The van der Waals surface area contributed by atoms with Crippen LogP contribution in [0.2, 0.25) is 0 Å². The van der Waals surface area contributed by atoms with Crippen molar-refractivity contribution in [1.82, 2.24) is 5.32 Å². The first-order valence-corrected chi connectivity index (χ1v) is 4.67. The summed E-state index contributed by atoms with van der Waals surface area (Å²) in [6.07, 6.45) is 0. The monoisotopic (exact) mass is 313 g/mol. The molecule has 0 aliphatic heterocycles. The van der Waals surface area contributed by atoms with Crippen molar-refractivity contribution in [2.75, 3.05) is 12.3 Å². The minimum Gasteiger partial charge on any atom is -0.480 e. The third-order valence-electron chi connectivity index (χ3n) is 1.39. The summed E-state index contributed by atoms with van der Waals surface area (Å²) < 4.78 is 26.0. The van der Waals surface area contributed by atoms with Crippen LogP contribution in [0.25, 0.3) is 0 Å². The number of hydrogen-bond acceptors (Lipinski definition) is 4. The lowest BCUT2D eigenvalue weighted by atomic mass is 10.3. The standard InChI is InChI=1S/C7H13F2N3O2S.2ClH/c1-4(10)11-3-7(8,9)12-5(2-15)6(13)14;;/h5,12,15H,2-3H2,1H3,(H2,10,11)(H,13,14);2*1H/t5-;;/m0../s1. The minimum absolute atomic E-state index is 0. The van der Waals surface area contributed by atoms with Gasteiger partial charge in [-0.1, -0.05) is 0 Å². The number of rotatable bonds is 6. The lowest BCUT2D eigenvalue weighted by Crippen LogP contribution is -2.50. The second-order valence-corrected chi connectivity index (χ2v) is 3.24. The molecule has 10 heteroatoms. The highest BCUT2D eigenvalue weighted by molar-refractivity contribution is 7.80. The molecule has 0 aromatic carbocycles. The molecule has 0 aliphatic carbocycles. The van der Waals surface area contributed by atoms with Crippen LogP contribution in [-0.4, -0.2) is 41.3 Å². The Morgan fingerprint density at radius 1 is 1.59 bits per heavy atom. The third-order valence-corrected chi connectivity index (χ3v) is 1.76. The summed E-state index contributed by atoms with van der Waals surface area (Å²) in [5, 5.41) is 10.1. The Morgan fingerprint density at radius 3 is 2.35 bits per heavy atom. The molecule has 0 aromatic rings. The minimum atomic E-state index is -3.41. The molecular weight excluding hydrogens is 299 g/mol. The molecule has 5 nitrogen and oxygen atoms in total. The molecule has 0 aliphatic rings. The molecule has 0 radical (unpaired) electrons. The molecule has 1 atom stereocenters. The van der Waals surface area contributed by atoms with Crippen LogP contribution in [0, 0.1) is 0 Å². The number of nitrogens with one attached hydrogen (secondary N) is 1. The fourth-order valence-electron chi connectivity index (χ4n) is 0.710. The maximum absolute atomic E-state index is 13.0. The van der Waals surface area contributed by atoms with E-state index >= 15 is 0 Å². The first-order chi connectivity index (χ1) is 6.78. The van der Waals surface area contributed by atoms with Crippen LogP contribution in [0.4, 0.5) is 8.78 Å². The van der Waals surface area contributed by atoms with Crippen LogP contribution < -0.4 is 11.1 Å². The third kappa shape index (κ3) is 10.6. The fourth-order valence-corrected chi connectivity index (χ4v) is 0.957. The number of amidine groups is 1. The lowest BCUT2D eigenvalue weighted by molar-refractivity contribution is -0.142. The van der Waals surface area contributed by atoms with Crippen molar-refractivity contribution in [2.24, 2.45) is 10.7 Å². The van der Waals surface area contributed by atoms with Gasteiger partial charge in [0.05, 0.1) is 5.84 Å². The van der Waals surface area contributed by atoms with Gasteiger partial charge in [-0.15, -0.1) is 24.8 Å². The van der Waals surface area contributed by atoms with Crippen molar-refractivity contribution in [3.8, 4) is 0 Å². The summed E-state index contributed by atoms with van der Waals surface area (Å²) in [6, 6.07) is -4.83. The Bertz CT molecular complexity index is 266. The predicted octanol–water partition coefficient (Wildman–Crippen LogP) is 0.772. The van der Waals surface area contributed by atoms with E-state index in [2.05, 4.69) is 17.6 Å². The molecule has 0 heterocycles. The van der Waals surface area contributed by atoms with E-state index in [0.717, 1.165) is 0 Å². The van der Waals surface area contributed by atoms with Crippen LogP contribution >= 0.6 is 37.4 Å². The Kier molecular flexibility index (Phi) is 12.5. The molecule has 0 bridgehead atoms. The number of carboxylic acids is 1. The first kappa shape index (κ1) is 21.9. The normalized spacial score (nSPS) is 13.3. The number of carboxylic acid groups (broad SMARTS) is 1. The van der Waals surface area contributed by atoms with Gasteiger partial charge in [0, 0.05) is 5.75 Å². The maximum Gasteiger partial charge on any atom is 0.322 e. The van der Waals surface area contributed by atoms with E-state index in [1.165, 1.54) is 6.92 Å². The molecule has 0 aromatic heterocycles. The van der Waals surface area contributed by atoms with Gasteiger partial charge in [0.15, 0.2) is 0 Å². The Labute approximate surface area is 115 Å². The van der Waals surface area contributed by atoms with Gasteiger partial charge in [0.2, 0.25) is 0 Å². The van der Waals surface area contributed by atoms with Gasteiger partial charge in [-0.25, -0.2) is 5.32 Å². The summed E-state index contributed by atoms with van der Waals surface area (Å²) in [5.74, 6) is -1.62. The van der Waals surface area contributed by atoms with Crippen LogP contribution in [0.1, 0.15) is 6.92 Å². The molecule has 0 spiro atoms. The molecule has 0 rings (SSSR count). The Morgan fingerprint density at radius 2 is 2.06 bits per heavy atom. The molecule has 0 saturated carbocycles. The lowest BCUT2D eigenvalue weighted by Gasteiger charge is -2.20. The van der Waals surface area contributed by atoms with Crippen molar-refractivity contribution >= 4 is 49.2 Å². The number of hydrogen-bond donors (Lipinski definition) is 4. The van der Waals surface area contributed by atoms with Gasteiger partial charge in [-0.05, 0) is 6.92 Å². The van der Waals surface area contributed by atoms with E-state index in [1.807, 2.05) is 0 Å². The average Bonchev–Trinajstić information content (AvgIpc) is 2.11. The van der Waals surface area contributed by atoms with Crippen molar-refractivity contribution in [3.05, 3.63) is 0 Å². The van der Waals surface area contributed by atoms with E-state index in [0.29, 0.717) is 0 Å². The number of aliphatic imine (C=N–C) groups is 1. The molecule has 0 fully saturated rings. The van der Waals surface area contributed by atoms with Crippen molar-refractivity contribution in [2.45, 2.75) is 19.0 Å². The van der Waals surface area contributed by atoms with Crippen molar-refractivity contribution < 1.29 is 18.7 Å². The Balaban J connectivity index is -0.000000980. The first-order valence-electron chi connectivity index (χ1n) is 4.04. The quantitative estimate of drug-likeness (QED) is 0.252. The summed E-state index contributed by atoms with van der Waals surface area (Å²) in [5.41, 5.74) is 5.08. The fraction of sp³-hybridized carbons (Fsp3) is 0.714. The highest BCUT2D eigenvalue weighted by Crippen LogP contribution is 2.11. The molecule has 17 heavy (non-hydrogen) atoms. The summed E-state index contributed by atoms with van der Waals surface area (Å²) in [6.45, 7) is 0.469.